The second kappa shape index (κ2) is 15.5. The molecule has 0 radical (unpaired) electrons. The summed E-state index contributed by atoms with van der Waals surface area (Å²) in [6.45, 7) is 5.54. The van der Waals surface area contributed by atoms with Crippen LogP contribution in [0.4, 0.5) is 26.3 Å². The van der Waals surface area contributed by atoms with E-state index in [0.29, 0.717) is 5.89 Å². The molecule has 0 saturated carbocycles. The smallest absolute Gasteiger partial charge is 0.461 e. The normalized spacial score (nSPS) is 11.3. The molecular formula is C20H18F6N6O11. The van der Waals surface area contributed by atoms with Crippen molar-refractivity contribution in [1.82, 2.24) is 20.1 Å². The Balaban J connectivity index is 0.000000325. The zero-order chi connectivity index (χ0) is 33.0. The first-order valence-electron chi connectivity index (χ1n) is 10.9. The molecule has 3 rings (SSSR count). The number of nitrogens with two attached hydrogens (primary N) is 1. The van der Waals surface area contributed by atoms with E-state index in [9.17, 15) is 45.5 Å². The quantitative estimate of drug-likeness (QED) is 0.0578. The molecule has 0 aliphatic rings. The number of rotatable bonds is 6. The molecule has 23 heteroatoms. The van der Waals surface area contributed by atoms with Gasteiger partial charge in [-0.05, 0) is 13.8 Å². The average Bonchev–Trinajstić information content (AvgIpc) is 3.69. The highest BCUT2D eigenvalue weighted by molar-refractivity contribution is 5.94. The Morgan fingerprint density at radius 1 is 0.884 bits per heavy atom. The third-order valence-corrected chi connectivity index (χ3v) is 3.67. The number of aromatic nitrogens is 4. The van der Waals surface area contributed by atoms with Crippen molar-refractivity contribution in [2.24, 2.45) is 10.9 Å². The molecule has 0 aliphatic heterocycles. The van der Waals surface area contributed by atoms with Crippen molar-refractivity contribution in [3.8, 4) is 11.7 Å². The summed E-state index contributed by atoms with van der Waals surface area (Å²) in [4.78, 5) is 53.1. The van der Waals surface area contributed by atoms with Gasteiger partial charge in [0.15, 0.2) is 11.4 Å². The van der Waals surface area contributed by atoms with Crippen molar-refractivity contribution < 1.29 is 78.3 Å². The number of alkyl halides is 6. The van der Waals surface area contributed by atoms with Gasteiger partial charge in [0, 0.05) is 6.92 Å². The Morgan fingerprint density at radius 2 is 1.37 bits per heavy atom. The first kappa shape index (κ1) is 35.5. The van der Waals surface area contributed by atoms with Crippen LogP contribution in [0.15, 0.2) is 31.0 Å². The minimum absolute atomic E-state index is 0.0200. The molecule has 0 bridgehead atoms. The molecule has 43 heavy (non-hydrogen) atoms. The summed E-state index contributed by atoms with van der Waals surface area (Å²) in [5, 5.41) is 14.6. The zero-order valence-electron chi connectivity index (χ0n) is 21.7. The van der Waals surface area contributed by atoms with E-state index in [0.717, 1.165) is 6.26 Å². The highest BCUT2D eigenvalue weighted by Gasteiger charge is 2.49. The van der Waals surface area contributed by atoms with Gasteiger partial charge in [0.05, 0.1) is 13.2 Å². The molecular weight excluding hydrogens is 614 g/mol. The maximum atomic E-state index is 11.3. The standard InChI is InChI=1S/C9H9N3O4.C7H9N3O4.C4F6O3/c1-3-14-9(13)6-4-15-8(11-6)7-10-5(2)16-12-7;1-2-13-7(11)4-3-14-6(9-4)5(8)10-12;5-3(6,7)1(11)13-2(12)4(8,9)10/h4H,3H2,1-2H3;3,12H,2H2,1H3,(H2,8,10);. The van der Waals surface area contributed by atoms with Gasteiger partial charge < -0.3 is 38.5 Å². The van der Waals surface area contributed by atoms with Crippen LogP contribution in [0.25, 0.3) is 11.7 Å². The first-order valence-corrected chi connectivity index (χ1v) is 10.9. The van der Waals surface area contributed by atoms with E-state index in [2.05, 4.69) is 34.7 Å². The lowest BCUT2D eigenvalue weighted by atomic mass is 10.5. The van der Waals surface area contributed by atoms with Gasteiger partial charge >= 0.3 is 36.2 Å². The fraction of sp³-hybridized carbons (Fsp3) is 0.350. The lowest BCUT2D eigenvalue weighted by molar-refractivity contribution is -0.221. The Labute approximate surface area is 233 Å². The molecule has 0 saturated heterocycles. The van der Waals surface area contributed by atoms with E-state index in [4.69, 9.17) is 29.0 Å². The van der Waals surface area contributed by atoms with Gasteiger partial charge in [0.25, 0.3) is 17.6 Å². The summed E-state index contributed by atoms with van der Waals surface area (Å²) in [7, 11) is 0. The monoisotopic (exact) mass is 632 g/mol. The van der Waals surface area contributed by atoms with Crippen molar-refractivity contribution in [3.63, 3.8) is 0 Å². The molecule has 0 amide bonds. The van der Waals surface area contributed by atoms with Gasteiger partial charge in [-0.2, -0.15) is 41.3 Å². The third kappa shape index (κ3) is 11.5. The molecule has 0 aromatic carbocycles. The lowest BCUT2D eigenvalue weighted by Gasteiger charge is -2.06. The van der Waals surface area contributed by atoms with Crippen molar-refractivity contribution in [3.05, 3.63) is 35.7 Å². The molecule has 236 valence electrons. The number of aryl methyl sites for hydroxylation is 1. The number of hydrogen-bond acceptors (Lipinski definition) is 16. The predicted octanol–water partition coefficient (Wildman–Crippen LogP) is 2.34. The summed E-state index contributed by atoms with van der Waals surface area (Å²) < 4.78 is 93.6. The fourth-order valence-corrected chi connectivity index (χ4v) is 1.99. The molecule has 0 aliphatic carbocycles. The number of halogens is 6. The highest BCUT2D eigenvalue weighted by Crippen LogP contribution is 2.21. The topological polar surface area (TPSA) is 246 Å². The zero-order valence-corrected chi connectivity index (χ0v) is 21.7. The lowest BCUT2D eigenvalue weighted by Crippen LogP contribution is -2.34. The van der Waals surface area contributed by atoms with Crippen molar-refractivity contribution in [2.75, 3.05) is 13.2 Å². The Kier molecular flexibility index (Phi) is 12.8. The maximum absolute atomic E-state index is 11.3. The van der Waals surface area contributed by atoms with Gasteiger partial charge in [-0.1, -0.05) is 10.3 Å². The largest absolute Gasteiger partial charge is 0.491 e. The van der Waals surface area contributed by atoms with Crippen LogP contribution >= 0.6 is 0 Å². The Hall–Kier alpha value is -5.51. The van der Waals surface area contributed by atoms with Crippen LogP contribution in [0.2, 0.25) is 0 Å². The number of carbonyl (C=O) groups is 4. The Bertz CT molecular complexity index is 1400. The molecule has 3 aromatic heterocycles. The maximum Gasteiger partial charge on any atom is 0.491 e. The Morgan fingerprint density at radius 3 is 1.79 bits per heavy atom. The molecule has 0 atom stereocenters. The third-order valence-electron chi connectivity index (χ3n) is 3.67. The SMILES string of the molecule is CCOC(=O)c1coc(-c2noc(C)n2)n1.CCOC(=O)c1coc(/C(N)=N/O)n1.O=C(OC(=O)C(F)(F)F)C(F)(F)F. The number of oxime groups is 1. The highest BCUT2D eigenvalue weighted by atomic mass is 19.4. The fourth-order valence-electron chi connectivity index (χ4n) is 1.99. The van der Waals surface area contributed by atoms with Crippen molar-refractivity contribution in [1.29, 1.82) is 0 Å². The van der Waals surface area contributed by atoms with E-state index in [1.165, 1.54) is 6.26 Å². The number of nitrogens with zero attached hydrogens (tertiary/aromatic N) is 5. The molecule has 0 fully saturated rings. The summed E-state index contributed by atoms with van der Waals surface area (Å²) in [5.41, 5.74) is 5.24. The van der Waals surface area contributed by atoms with Crippen LogP contribution in [0, 0.1) is 6.92 Å². The summed E-state index contributed by atoms with van der Waals surface area (Å²) in [6.07, 6.45) is -8.98. The molecule has 0 unspecified atom stereocenters. The van der Waals surface area contributed by atoms with E-state index in [-0.39, 0.29) is 48.0 Å². The number of esters is 4. The van der Waals surface area contributed by atoms with Gasteiger partial charge in [-0.15, -0.1) is 0 Å². The second-order valence-corrected chi connectivity index (χ2v) is 6.81. The van der Waals surface area contributed by atoms with E-state index < -0.39 is 36.2 Å². The second-order valence-electron chi connectivity index (χ2n) is 6.81. The van der Waals surface area contributed by atoms with E-state index in [1.54, 1.807) is 20.8 Å². The molecule has 3 aromatic rings. The molecule has 17 nitrogen and oxygen atoms in total. The van der Waals surface area contributed by atoms with Crippen LogP contribution in [0.3, 0.4) is 0 Å². The molecule has 0 spiro atoms. The van der Waals surface area contributed by atoms with Crippen molar-refractivity contribution >= 4 is 29.7 Å². The van der Waals surface area contributed by atoms with Gasteiger partial charge in [-0.25, -0.2) is 19.2 Å². The van der Waals surface area contributed by atoms with Crippen LogP contribution in [0.1, 0.15) is 46.6 Å². The minimum Gasteiger partial charge on any atom is -0.461 e. The average molecular weight is 632 g/mol. The number of oxazole rings is 2. The first-order chi connectivity index (χ1) is 19.9. The molecule has 3 N–H and O–H groups in total. The summed E-state index contributed by atoms with van der Waals surface area (Å²) >= 11 is 0. The van der Waals surface area contributed by atoms with Crippen LogP contribution < -0.4 is 5.73 Å². The van der Waals surface area contributed by atoms with Gasteiger partial charge in [0.2, 0.25) is 11.7 Å². The van der Waals surface area contributed by atoms with E-state index >= 15 is 0 Å². The van der Waals surface area contributed by atoms with Crippen LogP contribution in [-0.2, 0) is 23.8 Å². The van der Waals surface area contributed by atoms with Crippen molar-refractivity contribution in [2.45, 2.75) is 33.1 Å². The number of carbonyl (C=O) groups excluding carboxylic acids is 4. The molecule has 3 heterocycles. The van der Waals surface area contributed by atoms with Gasteiger partial charge in [0.1, 0.15) is 12.5 Å². The number of hydrogen-bond donors (Lipinski definition) is 2. The van der Waals surface area contributed by atoms with Crippen LogP contribution in [0.5, 0.6) is 0 Å². The van der Waals surface area contributed by atoms with Gasteiger partial charge in [-0.3, -0.25) is 0 Å². The summed E-state index contributed by atoms with van der Waals surface area (Å²) in [5.74, 6) is -7.27. The van der Waals surface area contributed by atoms with E-state index in [1.807, 2.05) is 0 Å². The number of amidine groups is 1. The predicted molar refractivity (Wildman–Crippen MR) is 119 cm³/mol. The minimum atomic E-state index is -5.62. The number of ether oxygens (including phenoxy) is 3. The summed E-state index contributed by atoms with van der Waals surface area (Å²) in [6, 6.07) is 0. The van der Waals surface area contributed by atoms with Crippen LogP contribution in [-0.4, -0.2) is 80.6 Å².